The molecule has 160 valence electrons. The molecule has 0 spiro atoms. The van der Waals surface area contributed by atoms with Gasteiger partial charge in [-0.05, 0) is 38.5 Å². The summed E-state index contributed by atoms with van der Waals surface area (Å²) in [6, 6.07) is 12.4. The fourth-order valence-corrected chi connectivity index (χ4v) is 3.33. The van der Waals surface area contributed by atoms with E-state index in [9.17, 15) is 0 Å². The quantitative estimate of drug-likeness (QED) is 0.218. The number of furan rings is 1. The van der Waals surface area contributed by atoms with Gasteiger partial charge in [-0.3, -0.25) is 4.99 Å². The van der Waals surface area contributed by atoms with Crippen LogP contribution in [-0.2, 0) is 11.2 Å². The Morgan fingerprint density at radius 3 is 2.93 bits per heavy atom. The first-order valence-electron chi connectivity index (χ1n) is 10.1. The van der Waals surface area contributed by atoms with Gasteiger partial charge in [0.05, 0.1) is 12.9 Å². The second kappa shape index (κ2) is 12.7. The third-order valence-corrected chi connectivity index (χ3v) is 4.87. The minimum Gasteiger partial charge on any atom is -0.493 e. The Labute approximate surface area is 190 Å². The molecule has 2 N–H and O–H groups in total. The predicted molar refractivity (Wildman–Crippen MR) is 127 cm³/mol. The van der Waals surface area contributed by atoms with Crippen LogP contribution in [0.25, 0.3) is 0 Å². The van der Waals surface area contributed by atoms with Crippen molar-refractivity contribution in [2.45, 2.75) is 38.6 Å². The molecule has 1 aromatic heterocycles. The van der Waals surface area contributed by atoms with E-state index in [2.05, 4.69) is 29.7 Å². The molecular weight excluding hydrogens is 481 g/mol. The van der Waals surface area contributed by atoms with Gasteiger partial charge in [-0.15, -0.1) is 24.0 Å². The average molecular weight is 513 g/mol. The third kappa shape index (κ3) is 7.22. The lowest BCUT2D eigenvalue weighted by molar-refractivity contribution is 0.146. The molecule has 7 heteroatoms. The van der Waals surface area contributed by atoms with Crippen LogP contribution in [0, 0.1) is 0 Å². The van der Waals surface area contributed by atoms with Crippen molar-refractivity contribution in [3.05, 3.63) is 54.0 Å². The zero-order valence-electron chi connectivity index (χ0n) is 17.2. The summed E-state index contributed by atoms with van der Waals surface area (Å²) in [5.74, 6) is 3.08. The topological polar surface area (TPSA) is 68.0 Å². The molecule has 1 aliphatic rings. The Morgan fingerprint density at radius 2 is 2.14 bits per heavy atom. The fraction of sp³-hybridized carbons (Fsp3) is 0.500. The summed E-state index contributed by atoms with van der Waals surface area (Å²) in [6.07, 6.45) is 3.43. The molecule has 29 heavy (non-hydrogen) atoms. The summed E-state index contributed by atoms with van der Waals surface area (Å²) in [5.41, 5.74) is 1.26. The van der Waals surface area contributed by atoms with Crippen molar-refractivity contribution in [3.63, 3.8) is 0 Å². The van der Waals surface area contributed by atoms with Crippen molar-refractivity contribution in [1.82, 2.24) is 10.6 Å². The summed E-state index contributed by atoms with van der Waals surface area (Å²) >= 11 is 0. The van der Waals surface area contributed by atoms with Gasteiger partial charge < -0.3 is 24.5 Å². The molecule has 2 atom stereocenters. The highest BCUT2D eigenvalue weighted by Crippen LogP contribution is 2.35. The normalized spacial score (nSPS) is 16.5. The lowest BCUT2D eigenvalue weighted by Crippen LogP contribution is -2.45. The van der Waals surface area contributed by atoms with Crippen LogP contribution in [0.1, 0.15) is 37.5 Å². The molecule has 2 aromatic rings. The van der Waals surface area contributed by atoms with Crippen molar-refractivity contribution >= 4 is 29.9 Å². The van der Waals surface area contributed by atoms with Crippen LogP contribution in [-0.4, -0.2) is 44.9 Å². The molecule has 1 aromatic carbocycles. The second-order valence-electron chi connectivity index (χ2n) is 6.93. The van der Waals surface area contributed by atoms with E-state index in [-0.39, 0.29) is 30.0 Å². The van der Waals surface area contributed by atoms with Crippen LogP contribution in [0.4, 0.5) is 0 Å². The van der Waals surface area contributed by atoms with E-state index in [1.54, 1.807) is 6.26 Å². The lowest BCUT2D eigenvalue weighted by atomic mass is 9.94. The highest BCUT2D eigenvalue weighted by atomic mass is 127. The summed E-state index contributed by atoms with van der Waals surface area (Å²) in [6.45, 7) is 7.84. The molecule has 0 radical (unpaired) electrons. The Bertz CT molecular complexity index is 737. The molecular formula is C22H32IN3O3. The van der Waals surface area contributed by atoms with E-state index >= 15 is 0 Å². The molecule has 0 fully saturated rings. The maximum atomic E-state index is 5.84. The molecule has 6 nitrogen and oxygen atoms in total. The summed E-state index contributed by atoms with van der Waals surface area (Å²) < 4.78 is 16.7. The van der Waals surface area contributed by atoms with Gasteiger partial charge in [0.1, 0.15) is 11.5 Å². The molecule has 0 bridgehead atoms. The smallest absolute Gasteiger partial charge is 0.191 e. The molecule has 1 aliphatic heterocycles. The number of nitrogens with zero attached hydrogens (tertiary/aromatic N) is 1. The van der Waals surface area contributed by atoms with Gasteiger partial charge >= 0.3 is 0 Å². The lowest BCUT2D eigenvalue weighted by Gasteiger charge is -2.23. The van der Waals surface area contributed by atoms with Gasteiger partial charge in [-0.1, -0.05) is 18.2 Å². The Hall–Kier alpha value is -1.74. The van der Waals surface area contributed by atoms with Crippen molar-refractivity contribution < 1.29 is 13.9 Å². The summed E-state index contributed by atoms with van der Waals surface area (Å²) in [5, 5.41) is 6.98. The van der Waals surface area contributed by atoms with E-state index in [1.165, 1.54) is 5.56 Å². The monoisotopic (exact) mass is 513 g/mol. The molecule has 2 heterocycles. The molecule has 0 saturated heterocycles. The molecule has 0 saturated carbocycles. The SMILES string of the molecule is CCOCCCN=C(NCCc1ccco1)NC(C)C1COc2ccccc21.I. The van der Waals surface area contributed by atoms with E-state index in [0.717, 1.165) is 56.6 Å². The van der Waals surface area contributed by atoms with Gasteiger partial charge in [-0.2, -0.15) is 0 Å². The number of aliphatic imine (C=N–C) groups is 1. The number of hydrogen-bond acceptors (Lipinski definition) is 4. The maximum Gasteiger partial charge on any atom is 0.191 e. The minimum atomic E-state index is 0. The second-order valence-corrected chi connectivity index (χ2v) is 6.93. The van der Waals surface area contributed by atoms with Crippen molar-refractivity contribution in [2.24, 2.45) is 4.99 Å². The fourth-order valence-electron chi connectivity index (χ4n) is 3.33. The highest BCUT2D eigenvalue weighted by molar-refractivity contribution is 14.0. The summed E-state index contributed by atoms with van der Waals surface area (Å²) in [7, 11) is 0. The number of ether oxygens (including phenoxy) is 2. The molecule has 0 amide bonds. The first-order chi connectivity index (χ1) is 13.8. The van der Waals surface area contributed by atoms with Gasteiger partial charge in [0, 0.05) is 50.2 Å². The number of rotatable bonds is 10. The summed E-state index contributed by atoms with van der Waals surface area (Å²) in [4.78, 5) is 4.72. The Morgan fingerprint density at radius 1 is 1.28 bits per heavy atom. The van der Waals surface area contributed by atoms with Gasteiger partial charge in [0.2, 0.25) is 0 Å². The van der Waals surface area contributed by atoms with E-state index < -0.39 is 0 Å². The average Bonchev–Trinajstić information content (AvgIpc) is 3.37. The number of nitrogens with one attached hydrogen (secondary N) is 2. The van der Waals surface area contributed by atoms with E-state index in [0.29, 0.717) is 12.5 Å². The van der Waals surface area contributed by atoms with Gasteiger partial charge in [0.15, 0.2) is 5.96 Å². The van der Waals surface area contributed by atoms with Crippen LogP contribution in [0.15, 0.2) is 52.1 Å². The zero-order chi connectivity index (χ0) is 19.6. The minimum absolute atomic E-state index is 0. The van der Waals surface area contributed by atoms with Crippen LogP contribution >= 0.6 is 24.0 Å². The zero-order valence-corrected chi connectivity index (χ0v) is 19.6. The molecule has 0 aliphatic carbocycles. The standard InChI is InChI=1S/C22H31N3O3.HI/c1-3-26-14-7-12-23-22(24-13-11-18-8-6-15-27-18)25-17(2)20-16-28-21-10-5-4-9-19(20)21;/h4-6,8-10,15,17,20H,3,7,11-14,16H2,1-2H3,(H2,23,24,25);1H. The number of halogens is 1. The number of guanidine groups is 1. The molecule has 3 rings (SSSR count). The van der Waals surface area contributed by atoms with Crippen molar-refractivity contribution in [1.29, 1.82) is 0 Å². The number of hydrogen-bond donors (Lipinski definition) is 2. The number of benzene rings is 1. The Balaban J connectivity index is 0.00000300. The first kappa shape index (κ1) is 23.5. The van der Waals surface area contributed by atoms with Crippen molar-refractivity contribution in [2.75, 3.05) is 32.9 Å². The largest absolute Gasteiger partial charge is 0.493 e. The van der Waals surface area contributed by atoms with Crippen LogP contribution in [0.5, 0.6) is 5.75 Å². The Kier molecular flexibility index (Phi) is 10.3. The van der Waals surface area contributed by atoms with Crippen LogP contribution in [0.2, 0.25) is 0 Å². The number of fused-ring (bicyclic) bond motifs is 1. The number of para-hydroxylation sites is 1. The highest BCUT2D eigenvalue weighted by Gasteiger charge is 2.29. The van der Waals surface area contributed by atoms with Crippen molar-refractivity contribution in [3.8, 4) is 5.75 Å². The third-order valence-electron chi connectivity index (χ3n) is 4.87. The van der Waals surface area contributed by atoms with Gasteiger partial charge in [0.25, 0.3) is 0 Å². The van der Waals surface area contributed by atoms with Crippen LogP contribution in [0.3, 0.4) is 0 Å². The van der Waals surface area contributed by atoms with E-state index in [4.69, 9.17) is 18.9 Å². The van der Waals surface area contributed by atoms with E-state index in [1.807, 2.05) is 31.2 Å². The van der Waals surface area contributed by atoms with Gasteiger partial charge in [-0.25, -0.2) is 0 Å². The maximum absolute atomic E-state index is 5.84. The van der Waals surface area contributed by atoms with Crippen LogP contribution < -0.4 is 15.4 Å². The predicted octanol–water partition coefficient (Wildman–Crippen LogP) is 3.97. The first-order valence-corrected chi connectivity index (χ1v) is 10.1. The molecule has 2 unspecified atom stereocenters.